The van der Waals surface area contributed by atoms with E-state index in [2.05, 4.69) is 5.32 Å². The summed E-state index contributed by atoms with van der Waals surface area (Å²) in [5.41, 5.74) is 0.178. The molecule has 0 heterocycles. The second kappa shape index (κ2) is 8.75. The third-order valence-electron chi connectivity index (χ3n) is 2.43. The summed E-state index contributed by atoms with van der Waals surface area (Å²) in [6, 6.07) is 4.76. The first kappa shape index (κ1) is 16.7. The Balaban J connectivity index is 2.67. The van der Waals surface area contributed by atoms with Crippen LogP contribution in [0.25, 0.3) is 0 Å². The van der Waals surface area contributed by atoms with Crippen LogP contribution >= 0.6 is 0 Å². The van der Waals surface area contributed by atoms with Gasteiger partial charge < -0.3 is 19.9 Å². The van der Waals surface area contributed by atoms with Crippen LogP contribution in [0.2, 0.25) is 0 Å². The van der Waals surface area contributed by atoms with Crippen LogP contribution in [0, 0.1) is 10.1 Å². The number of carbonyl (C=O) groups is 1. The van der Waals surface area contributed by atoms with Crippen LogP contribution in [0.15, 0.2) is 18.2 Å². The number of nitrogens with zero attached hydrogens (tertiary/aromatic N) is 1. The number of nitro benzene ring substituents is 1. The van der Waals surface area contributed by atoms with Gasteiger partial charge in [-0.05, 0) is 18.6 Å². The number of ether oxygens (including phenoxy) is 2. The third kappa shape index (κ3) is 5.65. The summed E-state index contributed by atoms with van der Waals surface area (Å²) in [4.78, 5) is 20.9. The molecule has 0 unspecified atom stereocenters. The molecule has 0 atom stereocenters. The van der Waals surface area contributed by atoms with E-state index < -0.39 is 17.5 Å². The van der Waals surface area contributed by atoms with Gasteiger partial charge in [0.1, 0.15) is 12.3 Å². The van der Waals surface area contributed by atoms with Gasteiger partial charge in [0.05, 0.1) is 18.1 Å². The molecule has 116 valence electrons. The van der Waals surface area contributed by atoms with Crippen LogP contribution < -0.4 is 10.1 Å². The Morgan fingerprint density at radius 3 is 2.81 bits per heavy atom. The topological polar surface area (TPSA) is 111 Å². The number of nitro groups is 1. The van der Waals surface area contributed by atoms with Crippen LogP contribution in [0.1, 0.15) is 13.3 Å². The molecule has 0 radical (unpaired) electrons. The summed E-state index contributed by atoms with van der Waals surface area (Å²) in [7, 11) is 0. The number of hydrogen-bond donors (Lipinski definition) is 2. The number of nitrogens with one attached hydrogen (secondary N) is 1. The number of benzene rings is 1. The number of aliphatic carboxylic acids is 1. The average molecular weight is 298 g/mol. The number of anilines is 1. The monoisotopic (exact) mass is 298 g/mol. The lowest BCUT2D eigenvalue weighted by Gasteiger charge is -2.10. The maximum atomic E-state index is 11.2. The highest BCUT2D eigenvalue weighted by molar-refractivity contribution is 5.68. The van der Waals surface area contributed by atoms with Crippen molar-refractivity contribution in [2.45, 2.75) is 13.3 Å². The molecule has 1 aromatic carbocycles. The zero-order valence-electron chi connectivity index (χ0n) is 11.7. The van der Waals surface area contributed by atoms with Crippen LogP contribution in [0.4, 0.5) is 11.4 Å². The number of para-hydroxylation sites is 1. The van der Waals surface area contributed by atoms with Crippen molar-refractivity contribution in [3.8, 4) is 5.75 Å². The van der Waals surface area contributed by atoms with Crippen molar-refractivity contribution in [2.24, 2.45) is 0 Å². The van der Waals surface area contributed by atoms with Crippen LogP contribution in [0.3, 0.4) is 0 Å². The molecule has 8 heteroatoms. The molecule has 0 saturated heterocycles. The largest absolute Gasteiger partial charge is 0.487 e. The van der Waals surface area contributed by atoms with Crippen molar-refractivity contribution in [1.82, 2.24) is 0 Å². The maximum absolute atomic E-state index is 11.2. The lowest BCUT2D eigenvalue weighted by Crippen LogP contribution is -2.14. The van der Waals surface area contributed by atoms with Crippen molar-refractivity contribution >= 4 is 17.3 Å². The summed E-state index contributed by atoms with van der Waals surface area (Å²) >= 11 is 0. The SMILES string of the molecule is CCCOc1cccc(NCCOCC(=O)O)c1[N+](=O)[O-]. The second-order valence-electron chi connectivity index (χ2n) is 4.13. The Labute approximate surface area is 121 Å². The minimum atomic E-state index is -1.06. The number of carboxylic acids is 1. The zero-order valence-corrected chi connectivity index (χ0v) is 11.7. The first-order valence-electron chi connectivity index (χ1n) is 6.49. The van der Waals surface area contributed by atoms with E-state index in [9.17, 15) is 14.9 Å². The molecular weight excluding hydrogens is 280 g/mol. The summed E-state index contributed by atoms with van der Waals surface area (Å²) in [5.74, 6) is -0.853. The lowest BCUT2D eigenvalue weighted by molar-refractivity contribution is -0.385. The van der Waals surface area contributed by atoms with E-state index in [1.54, 1.807) is 18.2 Å². The molecule has 0 fully saturated rings. The van der Waals surface area contributed by atoms with E-state index in [4.69, 9.17) is 14.6 Å². The van der Waals surface area contributed by atoms with E-state index >= 15 is 0 Å². The van der Waals surface area contributed by atoms with Gasteiger partial charge in [-0.1, -0.05) is 13.0 Å². The molecule has 0 spiro atoms. The number of carboxylic acid groups (broad SMARTS) is 1. The molecule has 0 bridgehead atoms. The molecule has 0 aromatic heterocycles. The Bertz CT molecular complexity index is 492. The van der Waals surface area contributed by atoms with E-state index in [1.165, 1.54) is 0 Å². The minimum Gasteiger partial charge on any atom is -0.487 e. The second-order valence-corrected chi connectivity index (χ2v) is 4.13. The highest BCUT2D eigenvalue weighted by Crippen LogP contribution is 2.34. The van der Waals surface area contributed by atoms with E-state index in [1.807, 2.05) is 6.92 Å². The Morgan fingerprint density at radius 2 is 2.19 bits per heavy atom. The van der Waals surface area contributed by atoms with E-state index in [0.717, 1.165) is 6.42 Å². The summed E-state index contributed by atoms with van der Waals surface area (Å²) < 4.78 is 10.2. The van der Waals surface area contributed by atoms with E-state index in [-0.39, 0.29) is 24.6 Å². The highest BCUT2D eigenvalue weighted by Gasteiger charge is 2.20. The van der Waals surface area contributed by atoms with Gasteiger partial charge in [-0.3, -0.25) is 10.1 Å². The van der Waals surface area contributed by atoms with Crippen molar-refractivity contribution in [2.75, 3.05) is 31.7 Å². The van der Waals surface area contributed by atoms with Crippen LogP contribution in [0.5, 0.6) is 5.75 Å². The lowest BCUT2D eigenvalue weighted by atomic mass is 10.2. The minimum absolute atomic E-state index is 0.128. The maximum Gasteiger partial charge on any atom is 0.333 e. The molecular formula is C13H18N2O6. The van der Waals surface area contributed by atoms with Gasteiger partial charge in [-0.15, -0.1) is 0 Å². The normalized spacial score (nSPS) is 10.1. The van der Waals surface area contributed by atoms with Gasteiger partial charge in [0.25, 0.3) is 0 Å². The summed E-state index contributed by atoms with van der Waals surface area (Å²) in [5, 5.41) is 22.4. The standard InChI is InChI=1S/C13H18N2O6/c1-2-7-21-11-5-3-4-10(13(11)15(18)19)14-6-8-20-9-12(16)17/h3-5,14H,2,6-9H2,1H3,(H,16,17). The molecule has 0 aliphatic rings. The predicted octanol–water partition coefficient (Wildman–Crippen LogP) is 1.90. The molecule has 2 N–H and O–H groups in total. The Kier molecular flexibility index (Phi) is 6.96. The van der Waals surface area contributed by atoms with Crippen molar-refractivity contribution in [3.05, 3.63) is 28.3 Å². The van der Waals surface area contributed by atoms with Crippen molar-refractivity contribution < 1.29 is 24.3 Å². The molecule has 8 nitrogen and oxygen atoms in total. The van der Waals surface area contributed by atoms with Gasteiger partial charge in [0.2, 0.25) is 0 Å². The van der Waals surface area contributed by atoms with Crippen LogP contribution in [-0.2, 0) is 9.53 Å². The molecule has 1 aromatic rings. The Hall–Kier alpha value is -2.35. The fraction of sp³-hybridized carbons (Fsp3) is 0.462. The quantitative estimate of drug-likeness (QED) is 0.385. The van der Waals surface area contributed by atoms with Crippen LogP contribution in [-0.4, -0.2) is 42.4 Å². The number of rotatable bonds is 10. The first-order chi connectivity index (χ1) is 10.1. The summed E-state index contributed by atoms with van der Waals surface area (Å²) in [6.45, 7) is 2.29. The van der Waals surface area contributed by atoms with Gasteiger partial charge in [-0.2, -0.15) is 0 Å². The van der Waals surface area contributed by atoms with Gasteiger partial charge in [0.15, 0.2) is 5.75 Å². The highest BCUT2D eigenvalue weighted by atomic mass is 16.6. The predicted molar refractivity (Wildman–Crippen MR) is 75.8 cm³/mol. The molecule has 21 heavy (non-hydrogen) atoms. The Morgan fingerprint density at radius 1 is 1.43 bits per heavy atom. The van der Waals surface area contributed by atoms with E-state index in [0.29, 0.717) is 12.3 Å². The third-order valence-corrected chi connectivity index (χ3v) is 2.43. The first-order valence-corrected chi connectivity index (χ1v) is 6.49. The fourth-order valence-electron chi connectivity index (χ4n) is 1.60. The zero-order chi connectivity index (χ0) is 15.7. The molecule has 0 saturated carbocycles. The molecule has 0 aliphatic carbocycles. The number of hydrogen-bond acceptors (Lipinski definition) is 6. The average Bonchev–Trinajstić information content (AvgIpc) is 2.44. The van der Waals surface area contributed by atoms with Gasteiger partial charge >= 0.3 is 11.7 Å². The smallest absolute Gasteiger partial charge is 0.333 e. The summed E-state index contributed by atoms with van der Waals surface area (Å²) in [6.07, 6.45) is 0.748. The molecule has 1 rings (SSSR count). The molecule has 0 aliphatic heterocycles. The van der Waals surface area contributed by atoms with Crippen molar-refractivity contribution in [1.29, 1.82) is 0 Å². The van der Waals surface area contributed by atoms with Gasteiger partial charge in [0, 0.05) is 6.54 Å². The van der Waals surface area contributed by atoms with Gasteiger partial charge in [-0.25, -0.2) is 4.79 Å². The fourth-order valence-corrected chi connectivity index (χ4v) is 1.60. The van der Waals surface area contributed by atoms with Crippen molar-refractivity contribution in [3.63, 3.8) is 0 Å². The molecule has 0 amide bonds.